The van der Waals surface area contributed by atoms with Gasteiger partial charge in [0.2, 0.25) is 0 Å². The number of rotatable bonds is 2. The zero-order valence-electron chi connectivity index (χ0n) is 7.83. The lowest BCUT2D eigenvalue weighted by Gasteiger charge is -2.25. The molecule has 2 rings (SSSR count). The second kappa shape index (κ2) is 4.15. The third-order valence-corrected chi connectivity index (χ3v) is 2.74. The third kappa shape index (κ3) is 1.99. The molecule has 2 N–H and O–H groups in total. The molecule has 1 aliphatic heterocycles. The van der Waals surface area contributed by atoms with Gasteiger partial charge < -0.3 is 10.4 Å². The molecule has 0 spiro atoms. The summed E-state index contributed by atoms with van der Waals surface area (Å²) in [5.41, 5.74) is 1.21. The van der Waals surface area contributed by atoms with Crippen LogP contribution >= 0.6 is 11.6 Å². The van der Waals surface area contributed by atoms with Gasteiger partial charge in [-0.1, -0.05) is 17.7 Å². The minimum absolute atomic E-state index is 0.216. The number of nitrogens with one attached hydrogen (secondary N) is 1. The van der Waals surface area contributed by atoms with Gasteiger partial charge in [-0.2, -0.15) is 0 Å². The molecule has 1 atom stereocenters. The first-order chi connectivity index (χ1) is 6.79. The van der Waals surface area contributed by atoms with Crippen molar-refractivity contribution in [2.24, 2.45) is 0 Å². The molecule has 0 bridgehead atoms. The van der Waals surface area contributed by atoms with Crippen molar-refractivity contribution >= 4 is 17.4 Å². The molecule has 0 saturated heterocycles. The van der Waals surface area contributed by atoms with E-state index in [1.165, 1.54) is 5.56 Å². The van der Waals surface area contributed by atoms with Crippen molar-refractivity contribution in [2.75, 3.05) is 11.9 Å². The van der Waals surface area contributed by atoms with Crippen LogP contribution in [0.1, 0.15) is 18.4 Å². The van der Waals surface area contributed by atoms with Gasteiger partial charge in [-0.3, -0.25) is 0 Å². The molecule has 14 heavy (non-hydrogen) atoms. The van der Waals surface area contributed by atoms with Crippen molar-refractivity contribution in [3.05, 3.63) is 22.8 Å². The molecule has 1 aliphatic rings. The number of anilines is 1. The van der Waals surface area contributed by atoms with E-state index >= 15 is 0 Å². The van der Waals surface area contributed by atoms with Crippen LogP contribution in [0, 0.1) is 0 Å². The second-order valence-electron chi connectivity index (χ2n) is 3.53. The molecule has 4 heteroatoms. The molecule has 2 heterocycles. The van der Waals surface area contributed by atoms with E-state index in [4.69, 9.17) is 16.7 Å². The molecule has 0 fully saturated rings. The van der Waals surface area contributed by atoms with E-state index in [0.717, 1.165) is 25.1 Å². The van der Waals surface area contributed by atoms with Crippen molar-refractivity contribution in [3.8, 4) is 0 Å². The predicted molar refractivity (Wildman–Crippen MR) is 56.7 cm³/mol. The van der Waals surface area contributed by atoms with Gasteiger partial charge >= 0.3 is 0 Å². The van der Waals surface area contributed by atoms with Crippen LogP contribution < -0.4 is 5.32 Å². The predicted octanol–water partition coefficient (Wildman–Crippen LogP) is 1.84. The Bertz CT molecular complexity index is 330. The molecule has 1 aromatic heterocycles. The van der Waals surface area contributed by atoms with Crippen molar-refractivity contribution < 1.29 is 5.11 Å². The van der Waals surface area contributed by atoms with Crippen LogP contribution in [0.5, 0.6) is 0 Å². The van der Waals surface area contributed by atoms with Crippen LogP contribution in [0.25, 0.3) is 0 Å². The fourth-order valence-corrected chi connectivity index (χ4v) is 1.91. The monoisotopic (exact) mass is 212 g/mol. The van der Waals surface area contributed by atoms with Crippen LogP contribution in [-0.4, -0.2) is 22.7 Å². The van der Waals surface area contributed by atoms with Crippen molar-refractivity contribution in [1.29, 1.82) is 0 Å². The summed E-state index contributed by atoms with van der Waals surface area (Å²) in [4.78, 5) is 4.22. The smallest absolute Gasteiger partial charge is 0.131 e. The van der Waals surface area contributed by atoms with Gasteiger partial charge in [-0.15, -0.1) is 0 Å². The first kappa shape index (κ1) is 9.74. The fraction of sp³-hybridized carbons (Fsp3) is 0.500. The Morgan fingerprint density at radius 1 is 1.57 bits per heavy atom. The van der Waals surface area contributed by atoms with E-state index in [2.05, 4.69) is 10.3 Å². The van der Waals surface area contributed by atoms with Crippen LogP contribution in [0.3, 0.4) is 0 Å². The molecule has 0 amide bonds. The number of halogens is 1. The summed E-state index contributed by atoms with van der Waals surface area (Å²) >= 11 is 5.80. The minimum atomic E-state index is 0.216. The molecule has 0 unspecified atom stereocenters. The van der Waals surface area contributed by atoms with Crippen LogP contribution in [0.15, 0.2) is 12.1 Å². The van der Waals surface area contributed by atoms with Crippen molar-refractivity contribution in [1.82, 2.24) is 4.98 Å². The molecular formula is C10H13ClN2O. The van der Waals surface area contributed by atoms with Gasteiger partial charge in [0.25, 0.3) is 0 Å². The van der Waals surface area contributed by atoms with Gasteiger partial charge in [0.05, 0.1) is 0 Å². The quantitative estimate of drug-likeness (QED) is 0.736. The Balaban J connectivity index is 2.16. The Labute approximate surface area is 88.1 Å². The highest BCUT2D eigenvalue weighted by molar-refractivity contribution is 6.29. The Hall–Kier alpha value is -0.800. The number of hydrogen-bond acceptors (Lipinski definition) is 3. The van der Waals surface area contributed by atoms with Gasteiger partial charge in [0.15, 0.2) is 0 Å². The number of aromatic nitrogens is 1. The average Bonchev–Trinajstić information content (AvgIpc) is 2.17. The lowest BCUT2D eigenvalue weighted by atomic mass is 9.99. The maximum Gasteiger partial charge on any atom is 0.131 e. The topological polar surface area (TPSA) is 45.2 Å². The van der Waals surface area contributed by atoms with E-state index < -0.39 is 0 Å². The summed E-state index contributed by atoms with van der Waals surface area (Å²) in [6.45, 7) is 0.216. The number of nitrogens with zero attached hydrogens (tertiary/aromatic N) is 1. The van der Waals surface area contributed by atoms with Crippen LogP contribution in [0.4, 0.5) is 5.82 Å². The summed E-state index contributed by atoms with van der Waals surface area (Å²) in [5, 5.41) is 12.6. The Morgan fingerprint density at radius 2 is 2.43 bits per heavy atom. The van der Waals surface area contributed by atoms with E-state index in [-0.39, 0.29) is 6.61 Å². The Kier molecular flexibility index (Phi) is 2.89. The summed E-state index contributed by atoms with van der Waals surface area (Å²) < 4.78 is 0. The molecule has 3 nitrogen and oxygen atoms in total. The molecule has 76 valence electrons. The van der Waals surface area contributed by atoms with E-state index in [1.807, 2.05) is 12.1 Å². The zero-order valence-corrected chi connectivity index (χ0v) is 8.59. The highest BCUT2D eigenvalue weighted by atomic mass is 35.5. The van der Waals surface area contributed by atoms with Gasteiger partial charge in [0, 0.05) is 12.6 Å². The van der Waals surface area contributed by atoms with Crippen molar-refractivity contribution in [3.63, 3.8) is 0 Å². The second-order valence-corrected chi connectivity index (χ2v) is 3.92. The maximum absolute atomic E-state index is 8.83. The highest BCUT2D eigenvalue weighted by Gasteiger charge is 2.17. The number of pyridine rings is 1. The molecular weight excluding hydrogens is 200 g/mol. The summed E-state index contributed by atoms with van der Waals surface area (Å²) in [7, 11) is 0. The molecule has 0 aliphatic carbocycles. The first-order valence-electron chi connectivity index (χ1n) is 4.82. The number of aliphatic hydroxyl groups excluding tert-OH is 1. The van der Waals surface area contributed by atoms with E-state index in [1.54, 1.807) is 0 Å². The first-order valence-corrected chi connectivity index (χ1v) is 5.20. The highest BCUT2D eigenvalue weighted by Crippen LogP contribution is 2.25. The number of hydrogen-bond donors (Lipinski definition) is 2. The van der Waals surface area contributed by atoms with Crippen LogP contribution in [0.2, 0.25) is 5.15 Å². The standard InChI is InChI=1S/C10H13ClN2O/c11-9-4-2-7-1-3-8(5-6-14)12-10(7)13-9/h2,4,8,14H,1,3,5-6H2,(H,12,13)/t8-/m0/s1. The normalized spacial score (nSPS) is 20.0. The average molecular weight is 213 g/mol. The van der Waals surface area contributed by atoms with E-state index in [9.17, 15) is 0 Å². The van der Waals surface area contributed by atoms with Gasteiger partial charge in [-0.05, 0) is 30.9 Å². The minimum Gasteiger partial charge on any atom is -0.396 e. The van der Waals surface area contributed by atoms with Crippen LogP contribution in [-0.2, 0) is 6.42 Å². The summed E-state index contributed by atoms with van der Waals surface area (Å²) in [6, 6.07) is 4.15. The molecule has 0 saturated carbocycles. The molecule has 1 aromatic rings. The van der Waals surface area contributed by atoms with Gasteiger partial charge in [0.1, 0.15) is 11.0 Å². The van der Waals surface area contributed by atoms with Gasteiger partial charge in [-0.25, -0.2) is 4.98 Å². The number of fused-ring (bicyclic) bond motifs is 1. The SMILES string of the molecule is OCC[C@@H]1CCc2ccc(Cl)nc2N1. The molecule has 0 radical (unpaired) electrons. The largest absolute Gasteiger partial charge is 0.396 e. The lowest BCUT2D eigenvalue weighted by Crippen LogP contribution is -2.27. The molecule has 0 aromatic carbocycles. The Morgan fingerprint density at radius 3 is 3.21 bits per heavy atom. The summed E-state index contributed by atoms with van der Waals surface area (Å²) in [5.74, 6) is 0.877. The third-order valence-electron chi connectivity index (χ3n) is 2.53. The zero-order chi connectivity index (χ0) is 9.97. The maximum atomic E-state index is 8.83. The summed E-state index contributed by atoms with van der Waals surface area (Å²) in [6.07, 6.45) is 2.83. The number of aryl methyl sites for hydroxylation is 1. The number of aliphatic hydroxyl groups is 1. The van der Waals surface area contributed by atoms with Crippen molar-refractivity contribution in [2.45, 2.75) is 25.3 Å². The lowest BCUT2D eigenvalue weighted by molar-refractivity contribution is 0.276. The fourth-order valence-electron chi connectivity index (χ4n) is 1.76. The van der Waals surface area contributed by atoms with E-state index in [0.29, 0.717) is 11.2 Å².